The molecule has 0 bridgehead atoms. The molecule has 4 aliphatic rings. The SMILES string of the molecule is CN(C)C(=O)C1(C(/C=C/C(C)(C)C2CCC3/C(=C/C=C4CC(O[Si](C)(C)C(C)(C)C)CC(O[Si](C)(C)C(C)(C)C)C4)CCC[C@@]32C)OP)CC1. The summed E-state index contributed by atoms with van der Waals surface area (Å²) in [5.74, 6) is 1.38. The molecule has 0 aromatic carbocycles. The second kappa shape index (κ2) is 14.9. The first-order chi connectivity index (χ1) is 22.8. The van der Waals surface area contributed by atoms with Crippen molar-refractivity contribution in [1.82, 2.24) is 4.90 Å². The number of fused-ring (bicyclic) bond motifs is 1. The van der Waals surface area contributed by atoms with Gasteiger partial charge in [0.2, 0.25) is 5.91 Å². The zero-order chi connectivity index (χ0) is 37.7. The van der Waals surface area contributed by atoms with Gasteiger partial charge in [-0.05, 0) is 123 Å². The van der Waals surface area contributed by atoms with Gasteiger partial charge >= 0.3 is 0 Å². The smallest absolute Gasteiger partial charge is 0.231 e. The van der Waals surface area contributed by atoms with E-state index in [0.717, 1.165) is 32.1 Å². The minimum absolute atomic E-state index is 0.00902. The van der Waals surface area contributed by atoms with E-state index in [9.17, 15) is 4.79 Å². The molecule has 4 rings (SSSR count). The maximum Gasteiger partial charge on any atom is 0.231 e. The van der Waals surface area contributed by atoms with Gasteiger partial charge in [0.15, 0.2) is 16.6 Å². The number of amides is 1. The summed E-state index contributed by atoms with van der Waals surface area (Å²) in [5, 5.41) is 0.375. The third-order valence-corrected chi connectivity index (χ3v) is 23.8. The number of carbonyl (C=O) groups is 1. The summed E-state index contributed by atoms with van der Waals surface area (Å²) < 4.78 is 20.1. The fourth-order valence-corrected chi connectivity index (χ4v) is 12.4. The maximum atomic E-state index is 13.1. The van der Waals surface area contributed by atoms with Crippen LogP contribution in [0, 0.1) is 28.1 Å². The Kier molecular flexibility index (Phi) is 12.6. The van der Waals surface area contributed by atoms with Gasteiger partial charge in [0.1, 0.15) is 0 Å². The molecule has 0 spiro atoms. The molecule has 4 saturated carbocycles. The van der Waals surface area contributed by atoms with Crippen LogP contribution in [-0.4, -0.2) is 59.8 Å². The quantitative estimate of drug-likeness (QED) is 0.120. The Morgan fingerprint density at radius 1 is 0.880 bits per heavy atom. The lowest BCUT2D eigenvalue weighted by Crippen LogP contribution is -2.48. The molecule has 0 saturated heterocycles. The molecule has 0 N–H and O–H groups in total. The Morgan fingerprint density at radius 2 is 1.42 bits per heavy atom. The third-order valence-electron chi connectivity index (χ3n) is 14.4. The molecule has 8 heteroatoms. The third kappa shape index (κ3) is 8.86. The number of hydrogen-bond donors (Lipinski definition) is 0. The Hall–Kier alpha value is -0.566. The van der Waals surface area contributed by atoms with Crippen molar-refractivity contribution < 1.29 is 18.2 Å². The van der Waals surface area contributed by atoms with Crippen LogP contribution in [0.15, 0.2) is 35.5 Å². The summed E-state index contributed by atoms with van der Waals surface area (Å²) in [7, 11) is 2.34. The van der Waals surface area contributed by atoms with E-state index in [2.05, 4.69) is 122 Å². The van der Waals surface area contributed by atoms with E-state index in [1.54, 1.807) is 10.5 Å². The molecular formula is C42H76NO4PSi2. The summed E-state index contributed by atoms with van der Waals surface area (Å²) in [6, 6.07) is 0. The van der Waals surface area contributed by atoms with Crippen molar-refractivity contribution in [3.05, 3.63) is 35.5 Å². The van der Waals surface area contributed by atoms with Crippen molar-refractivity contribution in [2.24, 2.45) is 28.1 Å². The Morgan fingerprint density at radius 3 is 1.88 bits per heavy atom. The lowest BCUT2D eigenvalue weighted by atomic mass is 9.57. The summed E-state index contributed by atoms with van der Waals surface area (Å²) in [6.07, 6.45) is 21.0. The monoisotopic (exact) mass is 746 g/mol. The number of rotatable bonds is 11. The van der Waals surface area contributed by atoms with E-state index in [1.807, 2.05) is 14.1 Å². The highest BCUT2D eigenvalue weighted by atomic mass is 31.0. The van der Waals surface area contributed by atoms with E-state index in [0.29, 0.717) is 11.8 Å². The highest BCUT2D eigenvalue weighted by Gasteiger charge is 2.57. The van der Waals surface area contributed by atoms with E-state index in [4.69, 9.17) is 13.4 Å². The van der Waals surface area contributed by atoms with Crippen LogP contribution < -0.4 is 0 Å². The van der Waals surface area contributed by atoms with Crippen LogP contribution >= 0.6 is 9.47 Å². The second-order valence-corrected chi connectivity index (χ2v) is 30.6. The van der Waals surface area contributed by atoms with Gasteiger partial charge in [0, 0.05) is 23.6 Å². The number of nitrogens with zero attached hydrogens (tertiary/aromatic N) is 1. The standard InChI is InChI=1S/C42H76NO4PSi2/c1-38(2,3)49(12,13)46-32-27-30(28-33(29-32)47-50(14,15)39(4,5)6)18-19-31-17-16-23-41(9)34(31)20-21-35(41)40(7,8)24-22-36(45-48)42(25-26-42)37(44)43(10)11/h18-19,22,24,32-36H,16-17,20-21,23,25-29,48H2,1-15H3/b24-22+,30-18?,31-19+/t32?,33?,34?,35?,36?,41-/m0/s1. The van der Waals surface area contributed by atoms with Gasteiger partial charge in [-0.3, -0.25) is 4.79 Å². The predicted octanol–water partition coefficient (Wildman–Crippen LogP) is 11.6. The predicted molar refractivity (Wildman–Crippen MR) is 220 cm³/mol. The zero-order valence-corrected chi connectivity index (χ0v) is 38.1. The van der Waals surface area contributed by atoms with E-state index < -0.39 is 22.0 Å². The first-order valence-electron chi connectivity index (χ1n) is 19.8. The second-order valence-electron chi connectivity index (χ2n) is 20.8. The molecule has 5 nitrogen and oxygen atoms in total. The molecule has 6 unspecified atom stereocenters. The fourth-order valence-electron chi connectivity index (χ4n) is 9.33. The molecule has 0 heterocycles. The fraction of sp³-hybridized carbons (Fsp3) is 0.833. The molecule has 1 amide bonds. The first-order valence-corrected chi connectivity index (χ1v) is 26.1. The van der Waals surface area contributed by atoms with Crippen molar-refractivity contribution in [2.75, 3.05) is 14.1 Å². The van der Waals surface area contributed by atoms with Gasteiger partial charge in [-0.15, -0.1) is 0 Å². The van der Waals surface area contributed by atoms with Crippen molar-refractivity contribution in [3.8, 4) is 0 Å². The molecule has 7 atom stereocenters. The molecule has 0 aliphatic heterocycles. The van der Waals surface area contributed by atoms with E-state index in [1.165, 1.54) is 37.7 Å². The minimum atomic E-state index is -1.91. The van der Waals surface area contributed by atoms with Crippen LogP contribution in [0.5, 0.6) is 0 Å². The van der Waals surface area contributed by atoms with Crippen molar-refractivity contribution in [2.45, 2.75) is 181 Å². The van der Waals surface area contributed by atoms with Gasteiger partial charge in [-0.25, -0.2) is 0 Å². The zero-order valence-electron chi connectivity index (χ0n) is 34.9. The molecule has 50 heavy (non-hydrogen) atoms. The summed E-state index contributed by atoms with van der Waals surface area (Å²) >= 11 is 0. The maximum absolute atomic E-state index is 13.1. The van der Waals surface area contributed by atoms with Crippen LogP contribution in [0.4, 0.5) is 0 Å². The molecular weight excluding hydrogens is 670 g/mol. The summed E-state index contributed by atoms with van der Waals surface area (Å²) in [4.78, 5) is 14.8. The van der Waals surface area contributed by atoms with Gasteiger partial charge in [-0.1, -0.05) is 97.8 Å². The molecule has 4 fully saturated rings. The Bertz CT molecular complexity index is 1280. The molecule has 0 aromatic rings. The van der Waals surface area contributed by atoms with Crippen LogP contribution in [-0.2, 0) is 18.2 Å². The van der Waals surface area contributed by atoms with E-state index >= 15 is 0 Å². The number of hydrogen-bond acceptors (Lipinski definition) is 4. The van der Waals surface area contributed by atoms with Crippen LogP contribution in [0.2, 0.25) is 36.3 Å². The molecule has 286 valence electrons. The minimum Gasteiger partial charge on any atom is -0.414 e. The van der Waals surface area contributed by atoms with Crippen molar-refractivity contribution in [1.29, 1.82) is 0 Å². The lowest BCUT2D eigenvalue weighted by Gasteiger charge is -2.47. The van der Waals surface area contributed by atoms with Gasteiger partial charge in [-0.2, -0.15) is 0 Å². The topological polar surface area (TPSA) is 48.0 Å². The number of allylic oxidation sites excluding steroid dienone is 4. The summed E-state index contributed by atoms with van der Waals surface area (Å²) in [5.41, 5.74) is 3.03. The Balaban J connectivity index is 1.56. The first kappa shape index (κ1) is 42.2. The molecule has 0 aromatic heterocycles. The van der Waals surface area contributed by atoms with E-state index in [-0.39, 0.29) is 45.1 Å². The van der Waals surface area contributed by atoms with Gasteiger partial charge in [0.05, 0.1) is 23.7 Å². The molecule has 4 aliphatic carbocycles. The Labute approximate surface area is 312 Å². The highest BCUT2D eigenvalue weighted by molar-refractivity contribution is 7.09. The lowest BCUT2D eigenvalue weighted by molar-refractivity contribution is -0.136. The largest absolute Gasteiger partial charge is 0.414 e. The average Bonchev–Trinajstić information content (AvgIpc) is 3.68. The van der Waals surface area contributed by atoms with Gasteiger partial charge in [0.25, 0.3) is 0 Å². The van der Waals surface area contributed by atoms with Crippen LogP contribution in [0.3, 0.4) is 0 Å². The molecule has 0 radical (unpaired) electrons. The van der Waals surface area contributed by atoms with Crippen LogP contribution in [0.25, 0.3) is 0 Å². The average molecular weight is 746 g/mol. The van der Waals surface area contributed by atoms with Crippen molar-refractivity contribution >= 4 is 32.0 Å². The normalized spacial score (nSPS) is 30.8. The highest BCUT2D eigenvalue weighted by Crippen LogP contribution is 2.62. The van der Waals surface area contributed by atoms with Crippen molar-refractivity contribution in [3.63, 3.8) is 0 Å². The summed E-state index contributed by atoms with van der Waals surface area (Å²) in [6.45, 7) is 31.1. The number of carbonyl (C=O) groups excluding carboxylic acids is 1. The van der Waals surface area contributed by atoms with Crippen LogP contribution in [0.1, 0.15) is 127 Å². The van der Waals surface area contributed by atoms with Gasteiger partial charge < -0.3 is 18.3 Å².